The van der Waals surface area contributed by atoms with Gasteiger partial charge < -0.3 is 14.8 Å². The van der Waals surface area contributed by atoms with Crippen LogP contribution in [0.25, 0.3) is 10.9 Å². The molecule has 0 amide bonds. The molecule has 148 valence electrons. The maximum absolute atomic E-state index is 12.9. The van der Waals surface area contributed by atoms with Crippen LogP contribution in [0.1, 0.15) is 12.5 Å². The third kappa shape index (κ3) is 4.37. The molecule has 0 fully saturated rings. The number of carboxylic acid groups (broad SMARTS) is 1. The van der Waals surface area contributed by atoms with Crippen molar-refractivity contribution in [3.8, 4) is 5.75 Å². The van der Waals surface area contributed by atoms with E-state index >= 15 is 0 Å². The SMILES string of the molecule is CCOc1ccc(Br)cc1S(=O)(=O)N[C@H](Cc1c[nH]c2ccccc12)C(=O)O. The predicted molar refractivity (Wildman–Crippen MR) is 109 cm³/mol. The van der Waals surface area contributed by atoms with Crippen LogP contribution in [0.15, 0.2) is 58.0 Å². The third-order valence-corrected chi connectivity index (χ3v) is 6.18. The van der Waals surface area contributed by atoms with E-state index in [1.54, 1.807) is 19.2 Å². The Morgan fingerprint density at radius 3 is 2.75 bits per heavy atom. The summed E-state index contributed by atoms with van der Waals surface area (Å²) in [5.41, 5.74) is 1.57. The molecular formula is C19H19BrN2O5S. The number of fused-ring (bicyclic) bond motifs is 1. The van der Waals surface area contributed by atoms with Crippen molar-refractivity contribution in [2.45, 2.75) is 24.3 Å². The summed E-state index contributed by atoms with van der Waals surface area (Å²) in [5.74, 6) is -1.10. The number of hydrogen-bond donors (Lipinski definition) is 3. The summed E-state index contributed by atoms with van der Waals surface area (Å²) < 4.78 is 34.0. The number of ether oxygens (including phenoxy) is 1. The number of benzene rings is 2. The summed E-state index contributed by atoms with van der Waals surface area (Å²) in [5, 5.41) is 10.5. The van der Waals surface area contributed by atoms with Gasteiger partial charge in [0, 0.05) is 28.0 Å². The fourth-order valence-corrected chi connectivity index (χ4v) is 4.79. The Morgan fingerprint density at radius 1 is 1.29 bits per heavy atom. The minimum atomic E-state index is -4.13. The summed E-state index contributed by atoms with van der Waals surface area (Å²) in [6.45, 7) is 2.02. The monoisotopic (exact) mass is 466 g/mol. The second kappa shape index (κ2) is 8.34. The third-order valence-electron chi connectivity index (χ3n) is 4.19. The fraction of sp³-hybridized carbons (Fsp3) is 0.211. The molecule has 0 aliphatic heterocycles. The van der Waals surface area contributed by atoms with Gasteiger partial charge in [0.25, 0.3) is 0 Å². The van der Waals surface area contributed by atoms with E-state index in [0.29, 0.717) is 10.0 Å². The maximum Gasteiger partial charge on any atom is 0.322 e. The fourth-order valence-electron chi connectivity index (χ4n) is 2.92. The molecule has 2 aromatic carbocycles. The first-order valence-corrected chi connectivity index (χ1v) is 10.8. The van der Waals surface area contributed by atoms with Gasteiger partial charge in [-0.25, -0.2) is 8.42 Å². The zero-order valence-electron chi connectivity index (χ0n) is 15.0. The highest BCUT2D eigenvalue weighted by atomic mass is 79.9. The average molecular weight is 467 g/mol. The zero-order valence-corrected chi connectivity index (χ0v) is 17.4. The highest BCUT2D eigenvalue weighted by Crippen LogP contribution is 2.28. The van der Waals surface area contributed by atoms with Crippen LogP contribution >= 0.6 is 15.9 Å². The first-order chi connectivity index (χ1) is 13.3. The van der Waals surface area contributed by atoms with Crippen molar-refractivity contribution >= 4 is 42.8 Å². The number of hydrogen-bond acceptors (Lipinski definition) is 4. The van der Waals surface area contributed by atoms with Gasteiger partial charge in [0.15, 0.2) is 0 Å². The van der Waals surface area contributed by atoms with Crippen LogP contribution < -0.4 is 9.46 Å². The standard InChI is InChI=1S/C19H19BrN2O5S/c1-2-27-17-8-7-13(20)10-18(17)28(25,26)22-16(19(23)24)9-12-11-21-15-6-4-3-5-14(12)15/h3-8,10-11,16,21-22H,2,9H2,1H3,(H,23,24)/t16-/m1/s1. The summed E-state index contributed by atoms with van der Waals surface area (Å²) in [4.78, 5) is 14.7. The molecule has 3 aromatic rings. The van der Waals surface area contributed by atoms with E-state index in [0.717, 1.165) is 10.9 Å². The number of nitrogens with one attached hydrogen (secondary N) is 2. The second-order valence-electron chi connectivity index (χ2n) is 6.10. The summed E-state index contributed by atoms with van der Waals surface area (Å²) in [6.07, 6.45) is 1.69. The van der Waals surface area contributed by atoms with Gasteiger partial charge in [0.05, 0.1) is 6.61 Å². The molecule has 28 heavy (non-hydrogen) atoms. The molecule has 7 nitrogen and oxygen atoms in total. The topological polar surface area (TPSA) is 108 Å². The number of para-hydroxylation sites is 1. The molecule has 0 spiro atoms. The largest absolute Gasteiger partial charge is 0.492 e. The van der Waals surface area contributed by atoms with Crippen LogP contribution in [0.3, 0.4) is 0 Å². The van der Waals surface area contributed by atoms with Crippen LogP contribution in [-0.4, -0.2) is 37.1 Å². The van der Waals surface area contributed by atoms with Crippen LogP contribution in [0.2, 0.25) is 0 Å². The zero-order chi connectivity index (χ0) is 20.3. The van der Waals surface area contributed by atoms with Crippen molar-refractivity contribution in [2.24, 2.45) is 0 Å². The highest BCUT2D eigenvalue weighted by Gasteiger charge is 2.29. The van der Waals surface area contributed by atoms with Gasteiger partial charge in [-0.05, 0) is 36.8 Å². The Kier molecular flexibility index (Phi) is 6.07. The van der Waals surface area contributed by atoms with Crippen molar-refractivity contribution in [1.82, 2.24) is 9.71 Å². The van der Waals surface area contributed by atoms with E-state index in [2.05, 4.69) is 25.6 Å². The van der Waals surface area contributed by atoms with Gasteiger partial charge in [0.1, 0.15) is 16.7 Å². The first-order valence-electron chi connectivity index (χ1n) is 8.54. The van der Waals surface area contributed by atoms with Crippen LogP contribution in [0.5, 0.6) is 5.75 Å². The summed E-state index contributed by atoms with van der Waals surface area (Å²) in [6, 6.07) is 10.7. The van der Waals surface area contributed by atoms with Gasteiger partial charge in [-0.1, -0.05) is 34.1 Å². The van der Waals surface area contributed by atoms with E-state index < -0.39 is 22.0 Å². The van der Waals surface area contributed by atoms with E-state index in [9.17, 15) is 18.3 Å². The highest BCUT2D eigenvalue weighted by molar-refractivity contribution is 9.10. The molecule has 1 aromatic heterocycles. The molecule has 0 unspecified atom stereocenters. The molecule has 0 radical (unpaired) electrons. The lowest BCUT2D eigenvalue weighted by Gasteiger charge is -2.17. The van der Waals surface area contributed by atoms with Gasteiger partial charge in [0.2, 0.25) is 10.0 Å². The number of sulfonamides is 1. The minimum Gasteiger partial charge on any atom is -0.492 e. The molecular weight excluding hydrogens is 448 g/mol. The van der Waals surface area contributed by atoms with Crippen LogP contribution in [-0.2, 0) is 21.2 Å². The molecule has 0 saturated heterocycles. The van der Waals surface area contributed by atoms with Gasteiger partial charge >= 0.3 is 5.97 Å². The number of aromatic amines is 1. The quantitative estimate of drug-likeness (QED) is 0.471. The Bertz CT molecular complexity index is 1110. The van der Waals surface area contributed by atoms with Crippen LogP contribution in [0, 0.1) is 0 Å². The van der Waals surface area contributed by atoms with Crippen LogP contribution in [0.4, 0.5) is 0 Å². The Morgan fingerprint density at radius 2 is 2.04 bits per heavy atom. The minimum absolute atomic E-state index is 0.00342. The lowest BCUT2D eigenvalue weighted by atomic mass is 10.1. The maximum atomic E-state index is 12.9. The molecule has 0 aliphatic carbocycles. The average Bonchev–Trinajstić information content (AvgIpc) is 3.05. The van der Waals surface area contributed by atoms with Crippen molar-refractivity contribution in [3.63, 3.8) is 0 Å². The molecule has 1 atom stereocenters. The van der Waals surface area contributed by atoms with Crippen molar-refractivity contribution < 1.29 is 23.1 Å². The Labute approximate surface area is 170 Å². The second-order valence-corrected chi connectivity index (χ2v) is 8.70. The number of rotatable bonds is 8. The van der Waals surface area contributed by atoms with Crippen molar-refractivity contribution in [3.05, 3.63) is 58.7 Å². The number of aliphatic carboxylic acids is 1. The Hall–Kier alpha value is -2.36. The van der Waals surface area contributed by atoms with Gasteiger partial charge in [-0.15, -0.1) is 0 Å². The van der Waals surface area contributed by atoms with Crippen molar-refractivity contribution in [1.29, 1.82) is 0 Å². The van der Waals surface area contributed by atoms with E-state index in [4.69, 9.17) is 4.74 Å². The number of H-pyrrole nitrogens is 1. The number of halogens is 1. The van der Waals surface area contributed by atoms with Gasteiger partial charge in [-0.3, -0.25) is 4.79 Å². The summed E-state index contributed by atoms with van der Waals surface area (Å²) >= 11 is 3.24. The lowest BCUT2D eigenvalue weighted by molar-refractivity contribution is -0.138. The number of carboxylic acids is 1. The predicted octanol–water partition coefficient (Wildman–Crippen LogP) is 3.30. The summed E-state index contributed by atoms with van der Waals surface area (Å²) in [7, 11) is -4.13. The normalized spacial score (nSPS) is 12.8. The lowest BCUT2D eigenvalue weighted by Crippen LogP contribution is -2.42. The molecule has 3 rings (SSSR count). The number of aromatic nitrogens is 1. The van der Waals surface area contributed by atoms with E-state index in [-0.39, 0.29) is 23.7 Å². The molecule has 1 heterocycles. The van der Waals surface area contributed by atoms with E-state index in [1.807, 2.05) is 24.3 Å². The van der Waals surface area contributed by atoms with Gasteiger partial charge in [-0.2, -0.15) is 4.72 Å². The molecule has 0 saturated carbocycles. The molecule has 0 aliphatic rings. The van der Waals surface area contributed by atoms with E-state index in [1.165, 1.54) is 12.1 Å². The molecule has 0 bridgehead atoms. The first kappa shape index (κ1) is 20.4. The smallest absolute Gasteiger partial charge is 0.322 e. The molecule has 9 heteroatoms. The van der Waals surface area contributed by atoms with Crippen molar-refractivity contribution in [2.75, 3.05) is 6.61 Å². The molecule has 3 N–H and O–H groups in total. The Balaban J connectivity index is 1.92. The number of carbonyl (C=O) groups is 1.